The monoisotopic (exact) mass is 919 g/mol. The summed E-state index contributed by atoms with van der Waals surface area (Å²) in [6.07, 6.45) is 52.4. The summed E-state index contributed by atoms with van der Waals surface area (Å²) in [5, 5.41) is 0. The summed E-state index contributed by atoms with van der Waals surface area (Å²) in [4.78, 5) is 38.1. The van der Waals surface area contributed by atoms with E-state index < -0.39 is 6.10 Å². The van der Waals surface area contributed by atoms with E-state index in [1.165, 1.54) is 205 Å². The first-order valence-corrected chi connectivity index (χ1v) is 29.2. The van der Waals surface area contributed by atoms with Gasteiger partial charge in [-0.25, -0.2) is 0 Å². The van der Waals surface area contributed by atoms with Crippen LogP contribution in [0.2, 0.25) is 0 Å². The van der Waals surface area contributed by atoms with Crippen LogP contribution in [0.15, 0.2) is 0 Å². The summed E-state index contributed by atoms with van der Waals surface area (Å²) in [6, 6.07) is 0. The first kappa shape index (κ1) is 63.4. The van der Waals surface area contributed by atoms with Crippen LogP contribution in [0.3, 0.4) is 0 Å². The minimum atomic E-state index is -0.764. The van der Waals surface area contributed by atoms with Gasteiger partial charge in [0.1, 0.15) is 13.2 Å². The molecule has 6 nitrogen and oxygen atoms in total. The molecule has 0 heterocycles. The number of esters is 3. The predicted octanol–water partition coefficient (Wildman–Crippen LogP) is 19.1. The summed E-state index contributed by atoms with van der Waals surface area (Å²) in [5.74, 6) is 1.71. The van der Waals surface area contributed by atoms with Crippen molar-refractivity contribution in [1.29, 1.82) is 0 Å². The highest BCUT2D eigenvalue weighted by Crippen LogP contribution is 2.19. The van der Waals surface area contributed by atoms with Crippen molar-refractivity contribution in [3.8, 4) is 0 Å². The number of ether oxygens (including phenoxy) is 3. The number of carbonyl (C=O) groups excluding carboxylic acids is 3. The molecule has 0 aromatic rings. The maximum absolute atomic E-state index is 12.8. The van der Waals surface area contributed by atoms with Gasteiger partial charge in [0.05, 0.1) is 0 Å². The molecule has 0 rings (SSSR count). The average Bonchev–Trinajstić information content (AvgIpc) is 3.29. The number of rotatable bonds is 52. The second kappa shape index (κ2) is 50.3. The molecule has 0 aliphatic rings. The standard InChI is InChI=1S/C59H114O6/c1-7-54(5)46-40-34-28-24-20-16-13-14-17-21-25-29-36-42-48-57(60)63-51-56(52-64-58(61)49-43-37-32-31-35-41-47-55(6)8-2)65-59(62)50-44-38-30-26-22-18-12-10-9-11-15-19-23-27-33-39-45-53(3)4/h53-56H,7-52H2,1-6H3/t54?,55?,56-/m0/s1. The third-order valence-electron chi connectivity index (χ3n) is 14.1. The van der Waals surface area contributed by atoms with E-state index >= 15 is 0 Å². The predicted molar refractivity (Wildman–Crippen MR) is 279 cm³/mol. The quantitative estimate of drug-likeness (QED) is 0.0344. The zero-order valence-corrected chi connectivity index (χ0v) is 44.8. The van der Waals surface area contributed by atoms with Gasteiger partial charge in [0, 0.05) is 19.3 Å². The van der Waals surface area contributed by atoms with Crippen LogP contribution in [0.25, 0.3) is 0 Å². The maximum atomic E-state index is 12.8. The van der Waals surface area contributed by atoms with Crippen LogP contribution < -0.4 is 0 Å². The van der Waals surface area contributed by atoms with E-state index in [1.807, 2.05) is 0 Å². The summed E-state index contributed by atoms with van der Waals surface area (Å²) in [5.41, 5.74) is 0. The highest BCUT2D eigenvalue weighted by atomic mass is 16.6. The fourth-order valence-electron chi connectivity index (χ4n) is 8.93. The topological polar surface area (TPSA) is 78.9 Å². The molecule has 386 valence electrons. The van der Waals surface area contributed by atoms with Crippen molar-refractivity contribution >= 4 is 17.9 Å². The van der Waals surface area contributed by atoms with E-state index in [0.717, 1.165) is 75.5 Å². The average molecular weight is 920 g/mol. The normalized spacial score (nSPS) is 13.0. The van der Waals surface area contributed by atoms with E-state index in [4.69, 9.17) is 14.2 Å². The Kier molecular flexibility index (Phi) is 49.1. The van der Waals surface area contributed by atoms with Crippen molar-refractivity contribution in [3.63, 3.8) is 0 Å². The van der Waals surface area contributed by atoms with Crippen molar-refractivity contribution in [3.05, 3.63) is 0 Å². The van der Waals surface area contributed by atoms with Crippen molar-refractivity contribution in [2.24, 2.45) is 17.8 Å². The van der Waals surface area contributed by atoms with E-state index in [9.17, 15) is 14.4 Å². The molecule has 6 heteroatoms. The van der Waals surface area contributed by atoms with Gasteiger partial charge in [0.2, 0.25) is 0 Å². The largest absolute Gasteiger partial charge is 0.462 e. The number of hydrogen-bond donors (Lipinski definition) is 0. The Morgan fingerprint density at radius 2 is 0.538 bits per heavy atom. The van der Waals surface area contributed by atoms with Gasteiger partial charge in [-0.15, -0.1) is 0 Å². The molecule has 0 N–H and O–H groups in total. The molecule has 65 heavy (non-hydrogen) atoms. The highest BCUT2D eigenvalue weighted by molar-refractivity contribution is 5.71. The molecule has 0 radical (unpaired) electrons. The molecule has 0 aromatic carbocycles. The highest BCUT2D eigenvalue weighted by Gasteiger charge is 2.19. The SMILES string of the molecule is CCC(C)CCCCCCCCCCCCCCCCC(=O)OC[C@@H](COC(=O)CCCCCCCCC(C)CC)OC(=O)CCCCCCCCCCCCCCCCCCC(C)C. The van der Waals surface area contributed by atoms with Crippen LogP contribution in [-0.2, 0) is 28.6 Å². The van der Waals surface area contributed by atoms with Crippen molar-refractivity contribution in [1.82, 2.24) is 0 Å². The van der Waals surface area contributed by atoms with Gasteiger partial charge >= 0.3 is 17.9 Å². The van der Waals surface area contributed by atoms with E-state index in [0.29, 0.717) is 19.3 Å². The Hall–Kier alpha value is -1.59. The molecule has 3 atom stereocenters. The second-order valence-corrected chi connectivity index (χ2v) is 21.2. The first-order chi connectivity index (χ1) is 31.7. The van der Waals surface area contributed by atoms with Crippen LogP contribution in [-0.4, -0.2) is 37.2 Å². The minimum Gasteiger partial charge on any atom is -0.462 e. The Balaban J connectivity index is 4.25. The molecule has 0 aromatic heterocycles. The number of carbonyl (C=O) groups is 3. The molecule has 0 saturated heterocycles. The lowest BCUT2D eigenvalue weighted by Crippen LogP contribution is -2.30. The lowest BCUT2D eigenvalue weighted by atomic mass is 9.99. The van der Waals surface area contributed by atoms with Gasteiger partial charge < -0.3 is 14.2 Å². The molecule has 0 bridgehead atoms. The van der Waals surface area contributed by atoms with E-state index in [1.54, 1.807) is 0 Å². The summed E-state index contributed by atoms with van der Waals surface area (Å²) in [7, 11) is 0. The molecule has 0 saturated carbocycles. The molecular weight excluding hydrogens is 805 g/mol. The van der Waals surface area contributed by atoms with Crippen LogP contribution in [0.4, 0.5) is 0 Å². The van der Waals surface area contributed by atoms with Crippen molar-refractivity contribution in [2.75, 3.05) is 13.2 Å². The zero-order valence-electron chi connectivity index (χ0n) is 44.8. The second-order valence-electron chi connectivity index (χ2n) is 21.2. The van der Waals surface area contributed by atoms with Crippen LogP contribution in [0.5, 0.6) is 0 Å². The Bertz CT molecular complexity index is 1010. The van der Waals surface area contributed by atoms with Crippen molar-refractivity contribution < 1.29 is 28.6 Å². The van der Waals surface area contributed by atoms with E-state index in [-0.39, 0.29) is 31.1 Å². The fourth-order valence-corrected chi connectivity index (χ4v) is 8.93. The van der Waals surface area contributed by atoms with Crippen LogP contribution >= 0.6 is 0 Å². The van der Waals surface area contributed by atoms with E-state index in [2.05, 4.69) is 41.5 Å². The van der Waals surface area contributed by atoms with Crippen LogP contribution in [0, 0.1) is 17.8 Å². The van der Waals surface area contributed by atoms with Gasteiger partial charge in [0.25, 0.3) is 0 Å². The molecule has 2 unspecified atom stereocenters. The van der Waals surface area contributed by atoms with Gasteiger partial charge in [0.15, 0.2) is 6.10 Å². The summed E-state index contributed by atoms with van der Waals surface area (Å²) in [6.45, 7) is 13.8. The molecule has 0 spiro atoms. The minimum absolute atomic E-state index is 0.0642. The number of hydrogen-bond acceptors (Lipinski definition) is 6. The Labute approximate surface area is 406 Å². The molecular formula is C59H114O6. The lowest BCUT2D eigenvalue weighted by Gasteiger charge is -2.18. The first-order valence-electron chi connectivity index (χ1n) is 29.2. The zero-order chi connectivity index (χ0) is 47.7. The Morgan fingerprint density at radius 1 is 0.308 bits per heavy atom. The molecule has 0 aliphatic heterocycles. The molecule has 0 fully saturated rings. The van der Waals surface area contributed by atoms with Crippen molar-refractivity contribution in [2.45, 2.75) is 330 Å². The van der Waals surface area contributed by atoms with Gasteiger partial charge in [-0.05, 0) is 37.0 Å². The fraction of sp³-hybridized carbons (Fsp3) is 0.949. The summed E-state index contributed by atoms with van der Waals surface area (Å²) < 4.78 is 16.9. The lowest BCUT2D eigenvalue weighted by molar-refractivity contribution is -0.167. The molecule has 0 aliphatic carbocycles. The van der Waals surface area contributed by atoms with Gasteiger partial charge in [-0.3, -0.25) is 14.4 Å². The maximum Gasteiger partial charge on any atom is 0.306 e. The number of unbranched alkanes of at least 4 members (excludes halogenated alkanes) is 33. The van der Waals surface area contributed by atoms with Gasteiger partial charge in [-0.1, -0.05) is 286 Å². The van der Waals surface area contributed by atoms with Crippen LogP contribution in [0.1, 0.15) is 324 Å². The summed E-state index contributed by atoms with van der Waals surface area (Å²) >= 11 is 0. The third-order valence-corrected chi connectivity index (χ3v) is 14.1. The smallest absolute Gasteiger partial charge is 0.306 e. The molecule has 0 amide bonds. The third kappa shape index (κ3) is 50.1. The van der Waals surface area contributed by atoms with Gasteiger partial charge in [-0.2, -0.15) is 0 Å². The Morgan fingerprint density at radius 3 is 0.800 bits per heavy atom.